The fourth-order valence-corrected chi connectivity index (χ4v) is 2.81. The molecule has 2 aliphatic rings. The van der Waals surface area contributed by atoms with Crippen LogP contribution < -0.4 is 10.6 Å². The Morgan fingerprint density at radius 1 is 1.39 bits per heavy atom. The maximum atomic E-state index is 12.6. The van der Waals surface area contributed by atoms with Gasteiger partial charge in [-0.25, -0.2) is 4.79 Å². The summed E-state index contributed by atoms with van der Waals surface area (Å²) in [6.45, 7) is 6.17. The number of amides is 3. The summed E-state index contributed by atoms with van der Waals surface area (Å²) in [5, 5.41) is 6.18. The van der Waals surface area contributed by atoms with Gasteiger partial charge in [0.15, 0.2) is 0 Å². The van der Waals surface area contributed by atoms with Gasteiger partial charge in [0.05, 0.1) is 13.2 Å². The molecule has 0 aliphatic carbocycles. The predicted octanol–water partition coefficient (Wildman–Crippen LogP) is -0.0571. The molecule has 1 spiro atoms. The molecule has 102 valence electrons. The second-order valence-electron chi connectivity index (χ2n) is 5.60. The summed E-state index contributed by atoms with van der Waals surface area (Å²) in [6, 6.07) is -0.299. The lowest BCUT2D eigenvalue weighted by Crippen LogP contribution is -2.65. The number of nitrogens with zero attached hydrogens (tertiary/aromatic N) is 1. The average Bonchev–Trinajstić information content (AvgIpc) is 2.55. The number of urea groups is 1. The van der Waals surface area contributed by atoms with E-state index in [4.69, 9.17) is 4.74 Å². The largest absolute Gasteiger partial charge is 0.383 e. The minimum absolute atomic E-state index is 0.115. The van der Waals surface area contributed by atoms with E-state index in [0.29, 0.717) is 19.6 Å². The van der Waals surface area contributed by atoms with Crippen LogP contribution in [0.4, 0.5) is 4.79 Å². The maximum Gasteiger partial charge on any atom is 0.325 e. The first kappa shape index (κ1) is 13.3. The molecule has 1 unspecified atom stereocenters. The van der Waals surface area contributed by atoms with E-state index < -0.39 is 5.54 Å². The van der Waals surface area contributed by atoms with Crippen LogP contribution in [0, 0.1) is 5.41 Å². The fourth-order valence-electron chi connectivity index (χ4n) is 2.81. The summed E-state index contributed by atoms with van der Waals surface area (Å²) in [6.07, 6.45) is 0.633. The van der Waals surface area contributed by atoms with E-state index >= 15 is 0 Å². The molecule has 1 atom stereocenters. The van der Waals surface area contributed by atoms with Gasteiger partial charge >= 0.3 is 6.03 Å². The van der Waals surface area contributed by atoms with Crippen LogP contribution in [0.1, 0.15) is 20.3 Å². The Morgan fingerprint density at radius 2 is 2.11 bits per heavy atom. The molecule has 0 aromatic rings. The maximum absolute atomic E-state index is 12.6. The number of ether oxygens (including phenoxy) is 1. The number of methoxy groups -OCH3 is 1. The number of nitrogens with one attached hydrogen (secondary N) is 2. The molecule has 18 heavy (non-hydrogen) atoms. The lowest BCUT2D eigenvalue weighted by molar-refractivity contribution is -0.137. The van der Waals surface area contributed by atoms with Crippen molar-refractivity contribution in [1.29, 1.82) is 0 Å². The topological polar surface area (TPSA) is 70.7 Å². The molecule has 0 saturated carbocycles. The van der Waals surface area contributed by atoms with Gasteiger partial charge < -0.3 is 15.4 Å². The Balaban J connectivity index is 2.25. The minimum atomic E-state index is -0.761. The third-order valence-electron chi connectivity index (χ3n) is 4.09. The van der Waals surface area contributed by atoms with Crippen LogP contribution >= 0.6 is 0 Å². The summed E-state index contributed by atoms with van der Waals surface area (Å²) in [5.41, 5.74) is -1.05. The molecule has 2 heterocycles. The minimum Gasteiger partial charge on any atom is -0.383 e. The highest BCUT2D eigenvalue weighted by Crippen LogP contribution is 2.40. The van der Waals surface area contributed by atoms with Crippen molar-refractivity contribution in [3.8, 4) is 0 Å². The Labute approximate surface area is 107 Å². The highest BCUT2D eigenvalue weighted by molar-refractivity contribution is 6.07. The molecule has 6 heteroatoms. The number of imide groups is 1. The molecule has 2 N–H and O–H groups in total. The van der Waals surface area contributed by atoms with E-state index in [1.807, 2.05) is 13.8 Å². The smallest absolute Gasteiger partial charge is 0.325 e. The lowest BCUT2D eigenvalue weighted by atomic mass is 9.68. The zero-order valence-corrected chi connectivity index (χ0v) is 11.2. The number of carbonyl (C=O) groups is 2. The molecule has 0 aromatic heterocycles. The van der Waals surface area contributed by atoms with Crippen molar-refractivity contribution in [2.45, 2.75) is 25.8 Å². The van der Waals surface area contributed by atoms with E-state index in [-0.39, 0.29) is 17.4 Å². The number of piperidine rings is 1. The molecule has 6 nitrogen and oxygen atoms in total. The molecule has 3 amide bonds. The first-order valence-electron chi connectivity index (χ1n) is 6.28. The zero-order chi connectivity index (χ0) is 13.4. The number of rotatable bonds is 3. The van der Waals surface area contributed by atoms with Gasteiger partial charge in [0.1, 0.15) is 5.54 Å². The van der Waals surface area contributed by atoms with Gasteiger partial charge in [-0.1, -0.05) is 13.8 Å². The third-order valence-corrected chi connectivity index (χ3v) is 4.09. The normalized spacial score (nSPS) is 30.9. The quantitative estimate of drug-likeness (QED) is 0.693. The lowest BCUT2D eigenvalue weighted by Gasteiger charge is -2.45. The molecule has 0 aromatic carbocycles. The molecule has 2 saturated heterocycles. The first-order valence-corrected chi connectivity index (χ1v) is 6.28. The molecular formula is C12H21N3O3. The van der Waals surface area contributed by atoms with Gasteiger partial charge in [0, 0.05) is 19.1 Å². The molecule has 2 aliphatic heterocycles. The second kappa shape index (κ2) is 4.51. The van der Waals surface area contributed by atoms with E-state index in [0.717, 1.165) is 13.1 Å². The molecule has 2 rings (SSSR count). The molecule has 2 fully saturated rings. The van der Waals surface area contributed by atoms with Crippen LogP contribution in [-0.4, -0.2) is 55.7 Å². The first-order chi connectivity index (χ1) is 8.44. The molecule has 0 radical (unpaired) electrons. The van der Waals surface area contributed by atoms with Crippen LogP contribution in [0.2, 0.25) is 0 Å². The summed E-state index contributed by atoms with van der Waals surface area (Å²) < 4.78 is 4.94. The summed E-state index contributed by atoms with van der Waals surface area (Å²) in [4.78, 5) is 25.8. The Morgan fingerprint density at radius 3 is 2.72 bits per heavy atom. The Hall–Kier alpha value is -1.14. The van der Waals surface area contributed by atoms with E-state index in [1.165, 1.54) is 4.90 Å². The summed E-state index contributed by atoms with van der Waals surface area (Å²) in [5.74, 6) is -0.115. The van der Waals surface area contributed by atoms with E-state index in [1.54, 1.807) is 7.11 Å². The van der Waals surface area contributed by atoms with Gasteiger partial charge in [-0.2, -0.15) is 0 Å². The van der Waals surface area contributed by atoms with E-state index in [9.17, 15) is 9.59 Å². The monoisotopic (exact) mass is 255 g/mol. The van der Waals surface area contributed by atoms with Crippen molar-refractivity contribution in [3.63, 3.8) is 0 Å². The van der Waals surface area contributed by atoms with Crippen LogP contribution in [-0.2, 0) is 9.53 Å². The van der Waals surface area contributed by atoms with Crippen molar-refractivity contribution < 1.29 is 14.3 Å². The number of hydrogen-bond acceptors (Lipinski definition) is 4. The standard InChI is InChI=1S/C12H21N3O3/c1-11(2)8-13-5-4-12(11)9(16)15(6-7-18-3)10(17)14-12/h13H,4-8H2,1-3H3,(H,14,17). The molecule has 0 bridgehead atoms. The predicted molar refractivity (Wildman–Crippen MR) is 66.1 cm³/mol. The third kappa shape index (κ3) is 1.80. The summed E-state index contributed by atoms with van der Waals surface area (Å²) >= 11 is 0. The van der Waals surface area contributed by atoms with Crippen molar-refractivity contribution in [3.05, 3.63) is 0 Å². The second-order valence-corrected chi connectivity index (χ2v) is 5.60. The van der Waals surface area contributed by atoms with Crippen LogP contribution in [0.5, 0.6) is 0 Å². The van der Waals surface area contributed by atoms with Gasteiger partial charge in [-0.05, 0) is 13.0 Å². The van der Waals surface area contributed by atoms with Gasteiger partial charge in [-0.15, -0.1) is 0 Å². The van der Waals surface area contributed by atoms with Crippen molar-refractivity contribution in [2.24, 2.45) is 5.41 Å². The highest BCUT2D eigenvalue weighted by atomic mass is 16.5. The van der Waals surface area contributed by atoms with Crippen LogP contribution in [0.15, 0.2) is 0 Å². The van der Waals surface area contributed by atoms with Crippen LogP contribution in [0.25, 0.3) is 0 Å². The summed E-state index contributed by atoms with van der Waals surface area (Å²) in [7, 11) is 1.56. The fraction of sp³-hybridized carbons (Fsp3) is 0.833. The Bertz CT molecular complexity index is 370. The zero-order valence-electron chi connectivity index (χ0n) is 11.2. The Kier molecular flexibility index (Phi) is 3.33. The number of hydrogen-bond donors (Lipinski definition) is 2. The van der Waals surface area contributed by atoms with Crippen LogP contribution in [0.3, 0.4) is 0 Å². The van der Waals surface area contributed by atoms with Gasteiger partial charge in [0.25, 0.3) is 5.91 Å². The van der Waals surface area contributed by atoms with Gasteiger partial charge in [0.2, 0.25) is 0 Å². The SMILES string of the molecule is COCCN1C(=O)NC2(CCNCC2(C)C)C1=O. The van der Waals surface area contributed by atoms with Crippen molar-refractivity contribution in [1.82, 2.24) is 15.5 Å². The number of carbonyl (C=O) groups excluding carboxylic acids is 2. The highest BCUT2D eigenvalue weighted by Gasteiger charge is 2.60. The average molecular weight is 255 g/mol. The molecular weight excluding hydrogens is 234 g/mol. The van der Waals surface area contributed by atoms with E-state index in [2.05, 4.69) is 10.6 Å². The van der Waals surface area contributed by atoms with Gasteiger partial charge in [-0.3, -0.25) is 9.69 Å². The van der Waals surface area contributed by atoms with Crippen molar-refractivity contribution >= 4 is 11.9 Å². The van der Waals surface area contributed by atoms with Crippen molar-refractivity contribution in [2.75, 3.05) is 33.4 Å².